The van der Waals surface area contributed by atoms with Crippen molar-refractivity contribution in [2.75, 3.05) is 13.2 Å². The second-order valence-corrected chi connectivity index (χ2v) is 2.83. The van der Waals surface area contributed by atoms with Gasteiger partial charge in [0.2, 0.25) is 0 Å². The molecule has 1 aromatic carbocycles. The lowest BCUT2D eigenvalue weighted by molar-refractivity contribution is 0.114. The van der Waals surface area contributed by atoms with Crippen LogP contribution in [-0.2, 0) is 0 Å². The fourth-order valence-electron chi connectivity index (χ4n) is 0.907. The molecule has 0 heterocycles. The first-order valence-electron chi connectivity index (χ1n) is 4.29. The van der Waals surface area contributed by atoms with Crippen molar-refractivity contribution >= 4 is 0 Å². The Morgan fingerprint density at radius 3 is 2.73 bits per heavy atom. The van der Waals surface area contributed by atoms with Gasteiger partial charge in [0.05, 0.1) is 12.6 Å². The molecule has 0 aliphatic carbocycles. The predicted molar refractivity (Wildman–Crippen MR) is 51.9 cm³/mol. The second-order valence-electron chi connectivity index (χ2n) is 2.83. The fourth-order valence-corrected chi connectivity index (χ4v) is 0.907. The number of nitrogens with zero attached hydrogens (tertiary/aromatic N) is 3. The maximum absolute atomic E-state index is 12.5. The van der Waals surface area contributed by atoms with E-state index < -0.39 is 6.10 Å². The van der Waals surface area contributed by atoms with E-state index >= 15 is 0 Å². The van der Waals surface area contributed by atoms with Gasteiger partial charge in [-0.25, -0.2) is 4.39 Å². The van der Waals surface area contributed by atoms with E-state index in [4.69, 9.17) is 10.3 Å². The molecule has 0 saturated heterocycles. The number of benzene rings is 1. The number of halogens is 1. The van der Waals surface area contributed by atoms with Crippen molar-refractivity contribution in [3.8, 4) is 5.75 Å². The molecule has 5 nitrogen and oxygen atoms in total. The zero-order valence-corrected chi connectivity index (χ0v) is 7.88. The van der Waals surface area contributed by atoms with Gasteiger partial charge < -0.3 is 9.84 Å². The summed E-state index contributed by atoms with van der Waals surface area (Å²) in [7, 11) is 0. The van der Waals surface area contributed by atoms with Crippen LogP contribution >= 0.6 is 0 Å². The van der Waals surface area contributed by atoms with E-state index in [1.807, 2.05) is 0 Å². The third-order valence-corrected chi connectivity index (χ3v) is 1.61. The molecule has 80 valence electrons. The highest BCUT2D eigenvalue weighted by atomic mass is 19.1. The second kappa shape index (κ2) is 5.85. The largest absolute Gasteiger partial charge is 0.491 e. The number of aliphatic hydroxyl groups excluding tert-OH is 1. The predicted octanol–water partition coefficient (Wildman–Crippen LogP) is 1.88. The molecular formula is C9H10FN3O2. The molecule has 1 atom stereocenters. The molecule has 6 heteroatoms. The number of hydrogen-bond acceptors (Lipinski definition) is 3. The molecule has 0 amide bonds. The Balaban J connectivity index is 2.36. The highest BCUT2D eigenvalue weighted by Gasteiger charge is 2.03. The quantitative estimate of drug-likeness (QED) is 0.458. The number of ether oxygens (including phenoxy) is 1. The van der Waals surface area contributed by atoms with Crippen molar-refractivity contribution in [2.24, 2.45) is 5.11 Å². The van der Waals surface area contributed by atoms with Crippen LogP contribution in [0.5, 0.6) is 5.75 Å². The van der Waals surface area contributed by atoms with Crippen molar-refractivity contribution in [3.05, 3.63) is 40.5 Å². The van der Waals surface area contributed by atoms with Crippen LogP contribution in [0, 0.1) is 5.82 Å². The Hall–Kier alpha value is -1.78. The van der Waals surface area contributed by atoms with Gasteiger partial charge in [-0.05, 0) is 29.8 Å². The summed E-state index contributed by atoms with van der Waals surface area (Å²) < 4.78 is 17.6. The van der Waals surface area contributed by atoms with E-state index in [0.717, 1.165) is 0 Å². The van der Waals surface area contributed by atoms with E-state index in [0.29, 0.717) is 5.75 Å². The highest BCUT2D eigenvalue weighted by molar-refractivity contribution is 5.22. The molecule has 0 bridgehead atoms. The van der Waals surface area contributed by atoms with Gasteiger partial charge in [-0.2, -0.15) is 0 Å². The Bertz CT molecular complexity index is 349. The monoisotopic (exact) mass is 211 g/mol. The van der Waals surface area contributed by atoms with Crippen LogP contribution in [0.25, 0.3) is 10.4 Å². The molecule has 0 fully saturated rings. The summed E-state index contributed by atoms with van der Waals surface area (Å²) in [5, 5.41) is 12.4. The molecule has 0 radical (unpaired) electrons. The van der Waals surface area contributed by atoms with Crippen molar-refractivity contribution in [3.63, 3.8) is 0 Å². The number of azide groups is 1. The highest BCUT2D eigenvalue weighted by Crippen LogP contribution is 2.11. The summed E-state index contributed by atoms with van der Waals surface area (Å²) in [6, 6.07) is 5.43. The molecule has 1 aromatic rings. The summed E-state index contributed by atoms with van der Waals surface area (Å²) >= 11 is 0. The van der Waals surface area contributed by atoms with Crippen molar-refractivity contribution in [1.82, 2.24) is 0 Å². The number of hydrogen-bond donors (Lipinski definition) is 1. The van der Waals surface area contributed by atoms with Crippen molar-refractivity contribution in [2.45, 2.75) is 6.10 Å². The molecule has 1 N–H and O–H groups in total. The minimum absolute atomic E-state index is 0.00462. The Morgan fingerprint density at radius 2 is 2.13 bits per heavy atom. The summed E-state index contributed by atoms with van der Waals surface area (Å²) in [6.45, 7) is -0.0393. The number of rotatable bonds is 5. The van der Waals surface area contributed by atoms with Crippen LogP contribution in [0.3, 0.4) is 0 Å². The summed E-state index contributed by atoms with van der Waals surface area (Å²) in [5.74, 6) is 0.105. The van der Waals surface area contributed by atoms with Crippen LogP contribution in [0.1, 0.15) is 0 Å². The van der Waals surface area contributed by atoms with E-state index in [-0.39, 0.29) is 19.0 Å². The molecule has 0 saturated carbocycles. The number of aliphatic hydroxyl groups is 1. The molecule has 0 aromatic heterocycles. The first-order valence-corrected chi connectivity index (χ1v) is 4.29. The molecule has 0 spiro atoms. The average Bonchev–Trinajstić information content (AvgIpc) is 2.25. The van der Waals surface area contributed by atoms with Gasteiger partial charge in [-0.15, -0.1) is 0 Å². The van der Waals surface area contributed by atoms with Crippen LogP contribution < -0.4 is 4.74 Å². The first kappa shape index (κ1) is 11.3. The van der Waals surface area contributed by atoms with Gasteiger partial charge in [0.25, 0.3) is 0 Å². The summed E-state index contributed by atoms with van der Waals surface area (Å²) in [5.41, 5.74) is 8.00. The van der Waals surface area contributed by atoms with Gasteiger partial charge in [0.15, 0.2) is 0 Å². The molecule has 15 heavy (non-hydrogen) atoms. The lowest BCUT2D eigenvalue weighted by atomic mass is 10.3. The summed E-state index contributed by atoms with van der Waals surface area (Å²) in [6.07, 6.45) is -0.856. The molecule has 0 unspecified atom stereocenters. The Morgan fingerprint density at radius 1 is 1.47 bits per heavy atom. The minimum Gasteiger partial charge on any atom is -0.491 e. The molecule has 1 rings (SSSR count). The van der Waals surface area contributed by atoms with Crippen LogP contribution in [-0.4, -0.2) is 24.4 Å². The maximum Gasteiger partial charge on any atom is 0.123 e. The van der Waals surface area contributed by atoms with Gasteiger partial charge in [0.1, 0.15) is 18.2 Å². The van der Waals surface area contributed by atoms with E-state index in [1.54, 1.807) is 0 Å². The third-order valence-electron chi connectivity index (χ3n) is 1.61. The third kappa shape index (κ3) is 4.30. The normalized spacial score (nSPS) is 11.6. The van der Waals surface area contributed by atoms with E-state index in [9.17, 15) is 9.50 Å². The molecule has 0 aliphatic rings. The van der Waals surface area contributed by atoms with E-state index in [2.05, 4.69) is 10.0 Å². The standard InChI is InChI=1S/C9H10FN3O2/c10-7-1-3-9(4-2-7)15-6-8(14)5-12-13-11/h1-4,8,14H,5-6H2/t8-/m1/s1. The van der Waals surface area contributed by atoms with Crippen LogP contribution in [0.4, 0.5) is 4.39 Å². The SMILES string of the molecule is [N-]=[N+]=NC[C@@H](O)COc1ccc(F)cc1. The van der Waals surface area contributed by atoms with Gasteiger partial charge in [-0.1, -0.05) is 5.11 Å². The lowest BCUT2D eigenvalue weighted by Gasteiger charge is -2.09. The van der Waals surface area contributed by atoms with E-state index in [1.165, 1.54) is 24.3 Å². The van der Waals surface area contributed by atoms with Gasteiger partial charge >= 0.3 is 0 Å². The molecule has 0 aliphatic heterocycles. The van der Waals surface area contributed by atoms with Gasteiger partial charge in [-0.3, -0.25) is 0 Å². The molecular weight excluding hydrogens is 201 g/mol. The maximum atomic E-state index is 12.5. The van der Waals surface area contributed by atoms with Gasteiger partial charge in [0, 0.05) is 4.91 Å². The van der Waals surface area contributed by atoms with Crippen molar-refractivity contribution < 1.29 is 14.2 Å². The summed E-state index contributed by atoms with van der Waals surface area (Å²) in [4.78, 5) is 2.50. The zero-order chi connectivity index (χ0) is 11.1. The minimum atomic E-state index is -0.856. The Labute approximate surface area is 85.7 Å². The topological polar surface area (TPSA) is 78.2 Å². The first-order chi connectivity index (χ1) is 7.22. The van der Waals surface area contributed by atoms with Crippen molar-refractivity contribution in [1.29, 1.82) is 0 Å². The smallest absolute Gasteiger partial charge is 0.123 e. The Kier molecular flexibility index (Phi) is 4.40. The average molecular weight is 211 g/mol. The zero-order valence-electron chi connectivity index (χ0n) is 7.88. The van der Waals surface area contributed by atoms with Crippen LogP contribution in [0.2, 0.25) is 0 Å². The van der Waals surface area contributed by atoms with Crippen LogP contribution in [0.15, 0.2) is 29.4 Å². The lowest BCUT2D eigenvalue weighted by Crippen LogP contribution is -2.20. The fraction of sp³-hybridized carbons (Fsp3) is 0.333.